The van der Waals surface area contributed by atoms with E-state index in [0.29, 0.717) is 18.6 Å². The van der Waals surface area contributed by atoms with E-state index < -0.39 is 0 Å². The molecule has 1 aromatic heterocycles. The van der Waals surface area contributed by atoms with Crippen molar-refractivity contribution in [3.05, 3.63) is 23.9 Å². The van der Waals surface area contributed by atoms with Crippen LogP contribution in [0.1, 0.15) is 53.0 Å². The highest BCUT2D eigenvalue weighted by molar-refractivity contribution is 5.79. The van der Waals surface area contributed by atoms with Crippen LogP contribution in [0.4, 0.5) is 5.82 Å². The quantitative estimate of drug-likeness (QED) is 0.514. The van der Waals surface area contributed by atoms with Crippen molar-refractivity contribution in [2.45, 2.75) is 66.1 Å². The number of aromatic nitrogens is 1. The lowest BCUT2D eigenvalue weighted by molar-refractivity contribution is 0.178. The fourth-order valence-corrected chi connectivity index (χ4v) is 3.57. The van der Waals surface area contributed by atoms with Crippen LogP contribution < -0.4 is 15.5 Å². The molecular weight excluding hydrogens is 336 g/mol. The van der Waals surface area contributed by atoms with Crippen LogP contribution in [-0.2, 0) is 6.54 Å². The monoisotopic (exact) mass is 374 g/mol. The minimum atomic E-state index is 0.548. The van der Waals surface area contributed by atoms with Gasteiger partial charge in [-0.05, 0) is 59.1 Å². The van der Waals surface area contributed by atoms with Gasteiger partial charge >= 0.3 is 0 Å². The van der Waals surface area contributed by atoms with Gasteiger partial charge in [0.15, 0.2) is 5.96 Å². The maximum absolute atomic E-state index is 4.72. The van der Waals surface area contributed by atoms with Crippen molar-refractivity contribution >= 4 is 11.8 Å². The molecule has 0 spiro atoms. The lowest BCUT2D eigenvalue weighted by Crippen LogP contribution is -2.45. The van der Waals surface area contributed by atoms with E-state index in [1.54, 1.807) is 0 Å². The molecule has 0 saturated carbocycles. The first-order chi connectivity index (χ1) is 13.0. The molecule has 2 rings (SSSR count). The Morgan fingerprint density at radius 3 is 2.41 bits per heavy atom. The van der Waals surface area contributed by atoms with E-state index in [9.17, 15) is 0 Å². The van der Waals surface area contributed by atoms with E-state index in [-0.39, 0.29) is 0 Å². The standard InChI is InChI=1S/C21H38N6/c1-6-22-21(23-11-14-27(17(2)3)18(4)5)25-16-19-9-10-20(24-15-19)26-12-7-8-13-26/h9-10,15,17-18H,6-8,11-14,16H2,1-5H3,(H2,22,23,25). The first-order valence-electron chi connectivity index (χ1n) is 10.5. The largest absolute Gasteiger partial charge is 0.357 e. The van der Waals surface area contributed by atoms with Crippen molar-refractivity contribution in [1.29, 1.82) is 0 Å². The summed E-state index contributed by atoms with van der Waals surface area (Å²) in [5.74, 6) is 1.96. The third-order valence-electron chi connectivity index (χ3n) is 4.99. The molecule has 0 unspecified atom stereocenters. The molecule has 2 heterocycles. The third-order valence-corrected chi connectivity index (χ3v) is 4.99. The maximum Gasteiger partial charge on any atom is 0.191 e. The number of rotatable bonds is 9. The van der Waals surface area contributed by atoms with Gasteiger partial charge < -0.3 is 15.5 Å². The second kappa shape index (κ2) is 11.1. The fraction of sp³-hybridized carbons (Fsp3) is 0.714. The van der Waals surface area contributed by atoms with Gasteiger partial charge in [-0.25, -0.2) is 9.98 Å². The van der Waals surface area contributed by atoms with E-state index in [2.05, 4.69) is 72.2 Å². The Hall–Kier alpha value is -1.82. The maximum atomic E-state index is 4.72. The highest BCUT2D eigenvalue weighted by atomic mass is 15.2. The highest BCUT2D eigenvalue weighted by Crippen LogP contribution is 2.17. The van der Waals surface area contributed by atoms with Gasteiger partial charge in [-0.1, -0.05) is 6.07 Å². The van der Waals surface area contributed by atoms with Crippen LogP contribution in [0.15, 0.2) is 23.3 Å². The second-order valence-electron chi connectivity index (χ2n) is 7.77. The van der Waals surface area contributed by atoms with Crippen LogP contribution >= 0.6 is 0 Å². The summed E-state index contributed by atoms with van der Waals surface area (Å²) in [7, 11) is 0. The minimum Gasteiger partial charge on any atom is -0.357 e. The number of nitrogens with one attached hydrogen (secondary N) is 2. The lowest BCUT2D eigenvalue weighted by atomic mass is 10.2. The zero-order valence-corrected chi connectivity index (χ0v) is 17.8. The topological polar surface area (TPSA) is 55.8 Å². The average molecular weight is 375 g/mol. The molecule has 0 aliphatic carbocycles. The first-order valence-corrected chi connectivity index (χ1v) is 10.5. The SMILES string of the molecule is CCNC(=NCc1ccc(N2CCCC2)nc1)NCCN(C(C)C)C(C)C. The van der Waals surface area contributed by atoms with Gasteiger partial charge in [0.05, 0.1) is 6.54 Å². The van der Waals surface area contributed by atoms with Crippen LogP contribution in [0.5, 0.6) is 0 Å². The Morgan fingerprint density at radius 1 is 1.15 bits per heavy atom. The molecule has 1 aromatic rings. The fourth-order valence-electron chi connectivity index (χ4n) is 3.57. The summed E-state index contributed by atoms with van der Waals surface area (Å²) in [5.41, 5.74) is 1.14. The molecule has 1 saturated heterocycles. The molecule has 0 radical (unpaired) electrons. The van der Waals surface area contributed by atoms with Crippen molar-refractivity contribution in [3.63, 3.8) is 0 Å². The van der Waals surface area contributed by atoms with Crippen LogP contribution in [-0.4, -0.2) is 60.7 Å². The van der Waals surface area contributed by atoms with Gasteiger partial charge in [-0.3, -0.25) is 4.90 Å². The number of anilines is 1. The summed E-state index contributed by atoms with van der Waals surface area (Å²) < 4.78 is 0. The zero-order chi connectivity index (χ0) is 19.6. The van der Waals surface area contributed by atoms with Gasteiger partial charge in [0.25, 0.3) is 0 Å². The Balaban J connectivity index is 1.86. The van der Waals surface area contributed by atoms with Crippen molar-refractivity contribution in [3.8, 4) is 0 Å². The summed E-state index contributed by atoms with van der Waals surface area (Å²) in [5, 5.41) is 6.79. The molecule has 6 heteroatoms. The minimum absolute atomic E-state index is 0.548. The first kappa shape index (κ1) is 21.5. The summed E-state index contributed by atoms with van der Waals surface area (Å²) in [6.45, 7) is 16.7. The smallest absolute Gasteiger partial charge is 0.191 e. The summed E-state index contributed by atoms with van der Waals surface area (Å²) in [6.07, 6.45) is 4.51. The van der Waals surface area contributed by atoms with Gasteiger partial charge in [-0.15, -0.1) is 0 Å². The predicted molar refractivity (Wildman–Crippen MR) is 115 cm³/mol. The molecular formula is C21H38N6. The number of hydrogen-bond acceptors (Lipinski definition) is 4. The molecule has 0 bridgehead atoms. The van der Waals surface area contributed by atoms with E-state index in [1.165, 1.54) is 12.8 Å². The van der Waals surface area contributed by atoms with Crippen LogP contribution in [0, 0.1) is 0 Å². The van der Waals surface area contributed by atoms with Gasteiger partial charge in [0.2, 0.25) is 0 Å². The number of hydrogen-bond donors (Lipinski definition) is 2. The number of pyridine rings is 1. The number of guanidine groups is 1. The van der Waals surface area contributed by atoms with E-state index in [4.69, 9.17) is 4.99 Å². The molecule has 6 nitrogen and oxygen atoms in total. The zero-order valence-electron chi connectivity index (χ0n) is 17.8. The number of nitrogens with zero attached hydrogens (tertiary/aromatic N) is 4. The molecule has 0 aromatic carbocycles. The van der Waals surface area contributed by atoms with Gasteiger partial charge in [0.1, 0.15) is 5.82 Å². The van der Waals surface area contributed by atoms with E-state index in [1.807, 2.05) is 6.20 Å². The number of aliphatic imine (C=N–C) groups is 1. The van der Waals surface area contributed by atoms with Crippen LogP contribution in [0.25, 0.3) is 0 Å². The lowest BCUT2D eigenvalue weighted by Gasteiger charge is -2.30. The van der Waals surface area contributed by atoms with Crippen LogP contribution in [0.2, 0.25) is 0 Å². The summed E-state index contributed by atoms with van der Waals surface area (Å²) in [6, 6.07) is 5.37. The second-order valence-corrected chi connectivity index (χ2v) is 7.77. The Kier molecular flexibility index (Phi) is 8.85. The molecule has 2 N–H and O–H groups in total. The highest BCUT2D eigenvalue weighted by Gasteiger charge is 2.14. The predicted octanol–water partition coefficient (Wildman–Crippen LogP) is 2.86. The van der Waals surface area contributed by atoms with E-state index in [0.717, 1.165) is 50.1 Å². The Labute approximate surface area is 165 Å². The summed E-state index contributed by atoms with van der Waals surface area (Å²) >= 11 is 0. The summed E-state index contributed by atoms with van der Waals surface area (Å²) in [4.78, 5) is 14.2. The molecule has 1 aliphatic heterocycles. The molecule has 0 amide bonds. The Morgan fingerprint density at radius 2 is 1.85 bits per heavy atom. The normalized spacial score (nSPS) is 15.3. The van der Waals surface area contributed by atoms with Gasteiger partial charge in [0, 0.05) is 51.0 Å². The average Bonchev–Trinajstić information content (AvgIpc) is 3.17. The molecule has 0 atom stereocenters. The van der Waals surface area contributed by atoms with Gasteiger partial charge in [-0.2, -0.15) is 0 Å². The third kappa shape index (κ3) is 7.01. The van der Waals surface area contributed by atoms with Crippen molar-refractivity contribution in [1.82, 2.24) is 20.5 Å². The molecule has 152 valence electrons. The molecule has 1 aliphatic rings. The molecule has 27 heavy (non-hydrogen) atoms. The van der Waals surface area contributed by atoms with Crippen molar-refractivity contribution in [2.24, 2.45) is 4.99 Å². The van der Waals surface area contributed by atoms with E-state index >= 15 is 0 Å². The van der Waals surface area contributed by atoms with Crippen LogP contribution in [0.3, 0.4) is 0 Å². The Bertz CT molecular complexity index is 553. The molecule has 1 fully saturated rings. The van der Waals surface area contributed by atoms with Crippen molar-refractivity contribution < 1.29 is 0 Å². The van der Waals surface area contributed by atoms with Crippen molar-refractivity contribution in [2.75, 3.05) is 37.6 Å².